The van der Waals surface area contributed by atoms with Gasteiger partial charge in [-0.25, -0.2) is 0 Å². The molecule has 84 valence electrons. The van der Waals surface area contributed by atoms with Crippen molar-refractivity contribution >= 4 is 0 Å². The van der Waals surface area contributed by atoms with E-state index in [2.05, 4.69) is 29.5 Å². The van der Waals surface area contributed by atoms with Crippen LogP contribution >= 0.6 is 0 Å². The maximum atomic E-state index is 4.24. The molecule has 15 heavy (non-hydrogen) atoms. The normalized spacial score (nSPS) is 9.47. The summed E-state index contributed by atoms with van der Waals surface area (Å²) in [5.74, 6) is 0. The van der Waals surface area contributed by atoms with Gasteiger partial charge < -0.3 is 4.90 Å². The summed E-state index contributed by atoms with van der Waals surface area (Å²) in [5, 5.41) is 0. The van der Waals surface area contributed by atoms with E-state index in [1.165, 1.54) is 11.1 Å². The molecule has 1 aromatic heterocycles. The first-order chi connectivity index (χ1) is 6.91. The Bertz CT molecular complexity index is 299. The van der Waals surface area contributed by atoms with Gasteiger partial charge in [0.05, 0.1) is 5.69 Å². The topological polar surface area (TPSA) is 16.1 Å². The molecule has 1 rings (SSSR count). The van der Waals surface area contributed by atoms with E-state index in [1.807, 2.05) is 40.2 Å². The molecule has 0 bridgehead atoms. The number of nitrogens with zero attached hydrogens (tertiary/aromatic N) is 2. The van der Waals surface area contributed by atoms with Crippen molar-refractivity contribution in [2.75, 3.05) is 14.1 Å². The lowest BCUT2D eigenvalue weighted by Crippen LogP contribution is -2.11. The summed E-state index contributed by atoms with van der Waals surface area (Å²) in [6.45, 7) is 10.5. The predicted octanol–water partition coefficient (Wildman–Crippen LogP) is 3.03. The molecular formula is C13H22N2. The van der Waals surface area contributed by atoms with Crippen LogP contribution < -0.4 is 0 Å². The Morgan fingerprint density at radius 2 is 1.93 bits per heavy atom. The van der Waals surface area contributed by atoms with Gasteiger partial charge >= 0.3 is 0 Å². The molecule has 1 aromatic rings. The minimum Gasteiger partial charge on any atom is -0.304 e. The van der Waals surface area contributed by atoms with Crippen molar-refractivity contribution in [1.29, 1.82) is 0 Å². The molecule has 0 atom stereocenters. The quantitative estimate of drug-likeness (QED) is 0.691. The molecule has 0 fully saturated rings. The fourth-order valence-electron chi connectivity index (χ4n) is 1.01. The first kappa shape index (κ1) is 13.8. The average Bonchev–Trinajstić information content (AvgIpc) is 2.00. The van der Waals surface area contributed by atoms with E-state index in [0.29, 0.717) is 0 Å². The SMILES string of the molecule is C=C(C)C.Cc1ccnc(CN(C)C)c1. The van der Waals surface area contributed by atoms with Crippen LogP contribution in [0.4, 0.5) is 0 Å². The standard InChI is InChI=1S/C9H14N2.C4H8/c1-8-4-5-10-9(6-8)7-11(2)3;1-4(2)3/h4-6H,7H2,1-3H3;1H2,2-3H3. The summed E-state index contributed by atoms with van der Waals surface area (Å²) in [6, 6.07) is 4.12. The van der Waals surface area contributed by atoms with Gasteiger partial charge in [0.2, 0.25) is 0 Å². The third-order valence-corrected chi connectivity index (χ3v) is 1.45. The Kier molecular flexibility index (Phi) is 6.63. The zero-order valence-electron chi connectivity index (χ0n) is 10.5. The maximum absolute atomic E-state index is 4.24. The molecule has 1 heterocycles. The average molecular weight is 206 g/mol. The lowest BCUT2D eigenvalue weighted by Gasteiger charge is -2.08. The highest BCUT2D eigenvalue weighted by atomic mass is 15.1. The minimum absolute atomic E-state index is 0.918. The second-order valence-corrected chi connectivity index (χ2v) is 4.27. The van der Waals surface area contributed by atoms with Crippen LogP contribution in [0, 0.1) is 6.92 Å². The highest BCUT2D eigenvalue weighted by molar-refractivity contribution is 5.14. The summed E-state index contributed by atoms with van der Waals surface area (Å²) in [5.41, 5.74) is 3.58. The van der Waals surface area contributed by atoms with Gasteiger partial charge in [0.1, 0.15) is 0 Å². The molecule has 2 heteroatoms. The van der Waals surface area contributed by atoms with Gasteiger partial charge in [-0.15, -0.1) is 6.58 Å². The molecule has 0 saturated carbocycles. The summed E-state index contributed by atoms with van der Waals surface area (Å²) >= 11 is 0. The molecule has 0 spiro atoms. The van der Waals surface area contributed by atoms with Gasteiger partial charge in [-0.1, -0.05) is 5.57 Å². The van der Waals surface area contributed by atoms with Crippen LogP contribution in [0.5, 0.6) is 0 Å². The highest BCUT2D eigenvalue weighted by Gasteiger charge is 1.95. The van der Waals surface area contributed by atoms with E-state index in [0.717, 1.165) is 12.2 Å². The number of hydrogen-bond donors (Lipinski definition) is 0. The summed E-state index contributed by atoms with van der Waals surface area (Å²) in [7, 11) is 4.09. The monoisotopic (exact) mass is 206 g/mol. The number of aryl methyl sites for hydroxylation is 1. The highest BCUT2D eigenvalue weighted by Crippen LogP contribution is 2.01. The van der Waals surface area contributed by atoms with Gasteiger partial charge in [0.25, 0.3) is 0 Å². The van der Waals surface area contributed by atoms with Gasteiger partial charge in [0.15, 0.2) is 0 Å². The fourth-order valence-corrected chi connectivity index (χ4v) is 1.01. The van der Waals surface area contributed by atoms with Crippen molar-refractivity contribution in [2.24, 2.45) is 0 Å². The molecule has 2 nitrogen and oxygen atoms in total. The Hall–Kier alpha value is -1.15. The molecule has 0 saturated heterocycles. The smallest absolute Gasteiger partial charge is 0.0546 e. The van der Waals surface area contributed by atoms with E-state index in [1.54, 1.807) is 0 Å². The number of pyridine rings is 1. The van der Waals surface area contributed by atoms with Crippen LogP contribution in [0.2, 0.25) is 0 Å². The van der Waals surface area contributed by atoms with Gasteiger partial charge in [-0.3, -0.25) is 4.98 Å². The van der Waals surface area contributed by atoms with Crippen LogP contribution in [-0.4, -0.2) is 24.0 Å². The second kappa shape index (κ2) is 7.18. The molecule has 0 N–H and O–H groups in total. The molecule has 0 aliphatic heterocycles. The largest absolute Gasteiger partial charge is 0.304 e. The summed E-state index contributed by atoms with van der Waals surface area (Å²) in [6.07, 6.45) is 1.86. The summed E-state index contributed by atoms with van der Waals surface area (Å²) < 4.78 is 0. The second-order valence-electron chi connectivity index (χ2n) is 4.27. The Labute approximate surface area is 93.6 Å². The zero-order chi connectivity index (χ0) is 11.8. The molecule has 0 aromatic carbocycles. The molecule has 0 radical (unpaired) electrons. The van der Waals surface area contributed by atoms with Crippen molar-refractivity contribution in [2.45, 2.75) is 27.3 Å². The van der Waals surface area contributed by atoms with Crippen molar-refractivity contribution in [3.63, 3.8) is 0 Å². The van der Waals surface area contributed by atoms with Gasteiger partial charge in [-0.2, -0.15) is 0 Å². The van der Waals surface area contributed by atoms with Crippen LogP contribution in [0.15, 0.2) is 30.5 Å². The Morgan fingerprint density at radius 3 is 2.33 bits per heavy atom. The molecule has 0 amide bonds. The maximum Gasteiger partial charge on any atom is 0.0546 e. The molecular weight excluding hydrogens is 184 g/mol. The van der Waals surface area contributed by atoms with Crippen LogP contribution in [0.3, 0.4) is 0 Å². The van der Waals surface area contributed by atoms with E-state index >= 15 is 0 Å². The van der Waals surface area contributed by atoms with Crippen LogP contribution in [0.1, 0.15) is 25.1 Å². The van der Waals surface area contributed by atoms with E-state index in [9.17, 15) is 0 Å². The minimum atomic E-state index is 0.918. The number of hydrogen-bond acceptors (Lipinski definition) is 2. The number of aromatic nitrogens is 1. The fraction of sp³-hybridized carbons (Fsp3) is 0.462. The third kappa shape index (κ3) is 9.16. The van der Waals surface area contributed by atoms with Crippen molar-refractivity contribution in [1.82, 2.24) is 9.88 Å². The van der Waals surface area contributed by atoms with Crippen LogP contribution in [-0.2, 0) is 6.54 Å². The van der Waals surface area contributed by atoms with Crippen molar-refractivity contribution in [3.05, 3.63) is 41.7 Å². The first-order valence-corrected chi connectivity index (χ1v) is 5.10. The molecule has 0 aliphatic carbocycles. The number of rotatable bonds is 2. The van der Waals surface area contributed by atoms with E-state index in [4.69, 9.17) is 0 Å². The molecule has 0 aliphatic rings. The summed E-state index contributed by atoms with van der Waals surface area (Å²) in [4.78, 5) is 6.35. The van der Waals surface area contributed by atoms with Gasteiger partial charge in [0, 0.05) is 12.7 Å². The zero-order valence-corrected chi connectivity index (χ0v) is 10.5. The van der Waals surface area contributed by atoms with Crippen molar-refractivity contribution in [3.8, 4) is 0 Å². The van der Waals surface area contributed by atoms with E-state index < -0.39 is 0 Å². The Balaban J connectivity index is 0.000000423. The third-order valence-electron chi connectivity index (χ3n) is 1.45. The lowest BCUT2D eigenvalue weighted by atomic mass is 10.2. The van der Waals surface area contributed by atoms with Crippen LogP contribution in [0.25, 0.3) is 0 Å². The number of allylic oxidation sites excluding steroid dienone is 1. The van der Waals surface area contributed by atoms with E-state index in [-0.39, 0.29) is 0 Å². The first-order valence-electron chi connectivity index (χ1n) is 5.10. The van der Waals surface area contributed by atoms with Crippen molar-refractivity contribution < 1.29 is 0 Å². The predicted molar refractivity (Wildman–Crippen MR) is 66.9 cm³/mol. The van der Waals surface area contributed by atoms with Gasteiger partial charge in [-0.05, 0) is 52.6 Å². The Morgan fingerprint density at radius 1 is 1.40 bits per heavy atom. The molecule has 0 unspecified atom stereocenters. The lowest BCUT2D eigenvalue weighted by molar-refractivity contribution is 0.397.